The van der Waals surface area contributed by atoms with Gasteiger partial charge in [-0.1, -0.05) is 11.6 Å². The van der Waals surface area contributed by atoms with Gasteiger partial charge in [-0.05, 0) is 48.2 Å². The van der Waals surface area contributed by atoms with E-state index in [1.54, 1.807) is 24.3 Å². The summed E-state index contributed by atoms with van der Waals surface area (Å²) in [4.78, 5) is 15.2. The number of nitrogens with zero attached hydrogens (tertiary/aromatic N) is 1. The third-order valence-electron chi connectivity index (χ3n) is 2.83. The van der Waals surface area contributed by atoms with Gasteiger partial charge in [0.2, 0.25) is 5.52 Å². The van der Waals surface area contributed by atoms with Crippen molar-refractivity contribution in [2.75, 3.05) is 0 Å². The molecule has 0 aliphatic carbocycles. The Hall–Kier alpha value is -2.05. The van der Waals surface area contributed by atoms with Crippen LogP contribution in [-0.2, 0) is 0 Å². The van der Waals surface area contributed by atoms with Crippen LogP contribution >= 0.6 is 23.4 Å². The minimum atomic E-state index is -0.540. The van der Waals surface area contributed by atoms with Gasteiger partial charge in [0, 0.05) is 16.0 Å². The number of halogens is 2. The van der Waals surface area contributed by atoms with Gasteiger partial charge in [-0.2, -0.15) is 4.73 Å². The van der Waals surface area contributed by atoms with Crippen LogP contribution in [0.2, 0.25) is 5.02 Å². The highest BCUT2D eigenvalue weighted by Crippen LogP contribution is 2.24. The number of H-pyrrole nitrogens is 1. The molecule has 0 fully saturated rings. The van der Waals surface area contributed by atoms with E-state index in [0.29, 0.717) is 14.6 Å². The highest BCUT2D eigenvalue weighted by atomic mass is 35.5. The molecule has 0 radical (unpaired) electrons. The zero-order chi connectivity index (χ0) is 15.0. The van der Waals surface area contributed by atoms with Crippen molar-refractivity contribution >= 4 is 34.4 Å². The number of aromatic nitrogens is 2. The van der Waals surface area contributed by atoms with E-state index < -0.39 is 11.4 Å². The predicted octanol–water partition coefficient (Wildman–Crippen LogP) is 3.11. The van der Waals surface area contributed by atoms with Crippen LogP contribution in [-0.4, -0.2) is 4.98 Å². The highest BCUT2D eigenvalue weighted by Gasteiger charge is 2.18. The molecule has 0 unspecified atom stereocenters. The van der Waals surface area contributed by atoms with Gasteiger partial charge >= 0.3 is 10.6 Å². The summed E-state index contributed by atoms with van der Waals surface area (Å²) in [7, 11) is 0. The first-order valence-corrected chi connectivity index (χ1v) is 7.12. The van der Waals surface area contributed by atoms with Gasteiger partial charge in [-0.3, -0.25) is 4.79 Å². The van der Waals surface area contributed by atoms with E-state index >= 15 is 0 Å². The molecule has 3 rings (SSSR count). The molecule has 21 heavy (non-hydrogen) atoms. The summed E-state index contributed by atoms with van der Waals surface area (Å²) >= 11 is 6.78. The molecule has 106 valence electrons. The first-order chi connectivity index (χ1) is 10.0. The maximum atomic E-state index is 13.3. The molecule has 0 saturated carbocycles. The quantitative estimate of drug-likeness (QED) is 0.582. The predicted molar refractivity (Wildman–Crippen MR) is 79.1 cm³/mol. The van der Waals surface area contributed by atoms with Gasteiger partial charge < -0.3 is 10.2 Å². The second-order valence-electron chi connectivity index (χ2n) is 4.27. The van der Waals surface area contributed by atoms with Crippen molar-refractivity contribution < 1.29 is 9.12 Å². The van der Waals surface area contributed by atoms with E-state index in [-0.39, 0.29) is 16.1 Å². The summed E-state index contributed by atoms with van der Waals surface area (Å²) in [5, 5.41) is 12.7. The number of nitrogens with one attached hydrogen (secondary N) is 1. The number of hydrogen-bond acceptors (Lipinski definition) is 3. The lowest BCUT2D eigenvalue weighted by Crippen LogP contribution is -2.37. The first kappa shape index (κ1) is 13.9. The van der Waals surface area contributed by atoms with Crippen LogP contribution in [0.15, 0.2) is 57.2 Å². The van der Waals surface area contributed by atoms with Crippen molar-refractivity contribution in [1.82, 2.24) is 4.98 Å². The fraction of sp³-hybridized carbons (Fsp3) is 0. The van der Waals surface area contributed by atoms with E-state index in [1.165, 1.54) is 12.1 Å². The summed E-state index contributed by atoms with van der Waals surface area (Å²) in [5.41, 5.74) is -0.160. The zero-order valence-corrected chi connectivity index (χ0v) is 12.0. The third kappa shape index (κ3) is 2.72. The second-order valence-corrected chi connectivity index (χ2v) is 5.77. The average Bonchev–Trinajstić information content (AvgIpc) is 2.46. The molecule has 0 saturated heterocycles. The van der Waals surface area contributed by atoms with Crippen molar-refractivity contribution in [3.05, 3.63) is 68.9 Å². The minimum absolute atomic E-state index is 0.0737. The fourth-order valence-electron chi connectivity index (χ4n) is 1.86. The molecule has 4 nitrogen and oxygen atoms in total. The lowest BCUT2D eigenvalue weighted by atomic mass is 10.3. The smallest absolute Gasteiger partial charge is 0.329 e. The molecule has 3 aromatic rings. The number of fused-ring (bicyclic) bond motifs is 1. The van der Waals surface area contributed by atoms with Crippen molar-refractivity contribution in [2.45, 2.75) is 9.92 Å². The van der Waals surface area contributed by atoms with Gasteiger partial charge in [0.05, 0.1) is 0 Å². The molecule has 0 spiro atoms. The zero-order valence-electron chi connectivity index (χ0n) is 10.5. The Kier molecular flexibility index (Phi) is 3.57. The van der Waals surface area contributed by atoms with E-state index in [0.717, 1.165) is 17.8 Å². The molecular weight excluding hydrogens is 315 g/mol. The van der Waals surface area contributed by atoms with Gasteiger partial charge in [0.25, 0.3) is 0 Å². The third-order valence-corrected chi connectivity index (χ3v) is 4.14. The average molecular weight is 323 g/mol. The van der Waals surface area contributed by atoms with E-state index in [2.05, 4.69) is 4.98 Å². The molecule has 0 atom stereocenters. The number of benzene rings is 2. The molecule has 0 amide bonds. The fourth-order valence-corrected chi connectivity index (χ4v) is 2.80. The normalized spacial score (nSPS) is 11.0. The number of hydrogen-bond donors (Lipinski definition) is 1. The van der Waals surface area contributed by atoms with Crippen LogP contribution in [0.1, 0.15) is 0 Å². The van der Waals surface area contributed by atoms with E-state index in [9.17, 15) is 14.4 Å². The molecule has 1 heterocycles. The van der Waals surface area contributed by atoms with Gasteiger partial charge in [0.15, 0.2) is 0 Å². The molecule has 0 aliphatic heterocycles. The number of aromatic amines is 1. The molecular formula is C14H8ClFN2O2S. The highest BCUT2D eigenvalue weighted by molar-refractivity contribution is 7.99. The Bertz CT molecular complexity index is 881. The lowest BCUT2D eigenvalue weighted by molar-refractivity contribution is -0.620. The van der Waals surface area contributed by atoms with Crippen molar-refractivity contribution in [3.63, 3.8) is 0 Å². The van der Waals surface area contributed by atoms with E-state index in [1.807, 2.05) is 0 Å². The Morgan fingerprint density at radius 1 is 1.19 bits per heavy atom. The molecule has 1 N–H and O–H groups in total. The summed E-state index contributed by atoms with van der Waals surface area (Å²) in [6, 6.07) is 10.3. The lowest BCUT2D eigenvalue weighted by Gasteiger charge is -2.06. The van der Waals surface area contributed by atoms with Crippen LogP contribution in [0.3, 0.4) is 0 Å². The standard InChI is InChI=1S/C14H8ClFN2O2S/c15-8-1-4-10(5-2-8)21-14-13(19)17-11-6-3-9(16)7-12(11)18(14)20/h1-7H,(H,17,19). The Labute approximate surface area is 127 Å². The molecule has 2 aromatic carbocycles. The molecule has 1 aromatic heterocycles. The number of rotatable bonds is 2. The molecule has 7 heteroatoms. The summed E-state index contributed by atoms with van der Waals surface area (Å²) in [6.07, 6.45) is 0. The summed E-state index contributed by atoms with van der Waals surface area (Å²) in [5.74, 6) is -0.540. The monoisotopic (exact) mass is 322 g/mol. The van der Waals surface area contributed by atoms with E-state index in [4.69, 9.17) is 11.6 Å². The maximum absolute atomic E-state index is 13.3. The van der Waals surface area contributed by atoms with Crippen molar-refractivity contribution in [3.8, 4) is 0 Å². The second kappa shape index (κ2) is 5.38. The maximum Gasteiger partial charge on any atom is 0.329 e. The van der Waals surface area contributed by atoms with Crippen LogP contribution in [0.5, 0.6) is 0 Å². The SMILES string of the molecule is O=c1[nH]c2ccc(F)cc2[n+]([O-])c1Sc1ccc(Cl)cc1. The molecule has 0 bridgehead atoms. The van der Waals surface area contributed by atoms with Crippen molar-refractivity contribution in [1.29, 1.82) is 0 Å². The van der Waals surface area contributed by atoms with Crippen LogP contribution in [0, 0.1) is 11.0 Å². The molecule has 0 aliphatic rings. The topological polar surface area (TPSA) is 59.8 Å². The van der Waals surface area contributed by atoms with Crippen LogP contribution in [0.25, 0.3) is 11.0 Å². The van der Waals surface area contributed by atoms with Crippen LogP contribution in [0.4, 0.5) is 4.39 Å². The largest absolute Gasteiger partial charge is 0.617 e. The van der Waals surface area contributed by atoms with Gasteiger partial charge in [0.1, 0.15) is 11.3 Å². The van der Waals surface area contributed by atoms with Gasteiger partial charge in [-0.25, -0.2) is 4.39 Å². The van der Waals surface area contributed by atoms with Crippen molar-refractivity contribution in [2.24, 2.45) is 0 Å². The summed E-state index contributed by atoms with van der Waals surface area (Å²) in [6.45, 7) is 0. The Morgan fingerprint density at radius 2 is 1.90 bits per heavy atom. The Morgan fingerprint density at radius 3 is 2.62 bits per heavy atom. The Balaban J connectivity index is 2.13. The van der Waals surface area contributed by atoms with Gasteiger partial charge in [-0.15, -0.1) is 0 Å². The van der Waals surface area contributed by atoms with Crippen LogP contribution < -0.4 is 10.3 Å². The first-order valence-electron chi connectivity index (χ1n) is 5.93. The minimum Gasteiger partial charge on any atom is -0.617 e. The summed E-state index contributed by atoms with van der Waals surface area (Å²) < 4.78 is 13.7.